The number of hydrogen-bond acceptors (Lipinski definition) is 3. The number of carboxylic acids is 1. The normalized spacial score (nSPS) is 10.4. The number of carboxylic acid groups (broad SMARTS) is 1. The highest BCUT2D eigenvalue weighted by Gasteiger charge is 2.17. The standard InChI is InChI=1S/C22H26O2.C2H4O2/c1-2-3-4-5-6-13-18-21(23)24-22(19-14-9-7-10-15-19)20-16-11-8-12-17-20;1-2(3)4/h6-17,22H,2-5,18H2,1H3;1H3,(H,3,4). The molecule has 0 atom stereocenters. The minimum absolute atomic E-state index is 0.195. The Bertz CT molecular complexity index is 664. The quantitative estimate of drug-likeness (QED) is 0.331. The molecular formula is C24H30O4. The first-order chi connectivity index (χ1) is 13.5. The molecule has 2 aromatic carbocycles. The summed E-state index contributed by atoms with van der Waals surface area (Å²) in [5.74, 6) is -1.03. The lowest BCUT2D eigenvalue weighted by atomic mass is 10.0. The van der Waals surface area contributed by atoms with E-state index in [9.17, 15) is 4.79 Å². The van der Waals surface area contributed by atoms with Crippen LogP contribution in [0.15, 0.2) is 72.8 Å². The van der Waals surface area contributed by atoms with E-state index in [1.165, 1.54) is 19.3 Å². The monoisotopic (exact) mass is 382 g/mol. The summed E-state index contributed by atoms with van der Waals surface area (Å²) in [5, 5.41) is 7.42. The van der Waals surface area contributed by atoms with Crippen molar-refractivity contribution in [3.8, 4) is 0 Å². The van der Waals surface area contributed by atoms with E-state index >= 15 is 0 Å². The van der Waals surface area contributed by atoms with Crippen molar-refractivity contribution in [3.05, 3.63) is 83.9 Å². The molecule has 4 nitrogen and oxygen atoms in total. The smallest absolute Gasteiger partial charge is 0.310 e. The fourth-order valence-electron chi connectivity index (χ4n) is 2.57. The molecule has 28 heavy (non-hydrogen) atoms. The average molecular weight is 383 g/mol. The first-order valence-corrected chi connectivity index (χ1v) is 9.68. The van der Waals surface area contributed by atoms with Crippen LogP contribution in [0.2, 0.25) is 0 Å². The third-order valence-electron chi connectivity index (χ3n) is 3.88. The van der Waals surface area contributed by atoms with Crippen LogP contribution in [0.4, 0.5) is 0 Å². The lowest BCUT2D eigenvalue weighted by Crippen LogP contribution is -2.12. The number of esters is 1. The Morgan fingerprint density at radius 2 is 1.43 bits per heavy atom. The number of allylic oxidation sites excluding steroid dienone is 1. The van der Waals surface area contributed by atoms with Crippen LogP contribution in [0.3, 0.4) is 0 Å². The van der Waals surface area contributed by atoms with Crippen molar-refractivity contribution in [2.75, 3.05) is 0 Å². The van der Waals surface area contributed by atoms with Crippen molar-refractivity contribution in [1.82, 2.24) is 0 Å². The molecule has 4 heteroatoms. The Morgan fingerprint density at radius 1 is 0.929 bits per heavy atom. The summed E-state index contributed by atoms with van der Waals surface area (Å²) >= 11 is 0. The molecule has 0 radical (unpaired) electrons. The second kappa shape index (κ2) is 14.2. The zero-order chi connectivity index (χ0) is 20.6. The summed E-state index contributed by atoms with van der Waals surface area (Å²) in [5.41, 5.74) is 1.98. The maximum Gasteiger partial charge on any atom is 0.310 e. The topological polar surface area (TPSA) is 63.6 Å². The van der Waals surface area contributed by atoms with Crippen LogP contribution in [0.5, 0.6) is 0 Å². The van der Waals surface area contributed by atoms with Gasteiger partial charge in [-0.3, -0.25) is 9.59 Å². The second-order valence-corrected chi connectivity index (χ2v) is 6.38. The highest BCUT2D eigenvalue weighted by molar-refractivity contribution is 5.71. The van der Waals surface area contributed by atoms with Crippen LogP contribution in [0, 0.1) is 0 Å². The van der Waals surface area contributed by atoms with Crippen LogP contribution in [-0.4, -0.2) is 17.0 Å². The van der Waals surface area contributed by atoms with Gasteiger partial charge in [0.1, 0.15) is 0 Å². The zero-order valence-electron chi connectivity index (χ0n) is 16.7. The Morgan fingerprint density at radius 3 is 1.89 bits per heavy atom. The number of unbranched alkanes of at least 4 members (excludes halogenated alkanes) is 3. The minimum atomic E-state index is -0.833. The van der Waals surface area contributed by atoms with Crippen molar-refractivity contribution in [2.24, 2.45) is 0 Å². The highest BCUT2D eigenvalue weighted by atomic mass is 16.5. The largest absolute Gasteiger partial charge is 0.481 e. The number of aliphatic carboxylic acids is 1. The van der Waals surface area contributed by atoms with Crippen LogP contribution < -0.4 is 0 Å². The van der Waals surface area contributed by atoms with Gasteiger partial charge in [0, 0.05) is 6.92 Å². The van der Waals surface area contributed by atoms with Crippen LogP contribution in [0.25, 0.3) is 0 Å². The average Bonchev–Trinajstić information content (AvgIpc) is 2.70. The molecule has 0 aliphatic carbocycles. The summed E-state index contributed by atoms with van der Waals surface area (Å²) < 4.78 is 5.76. The van der Waals surface area contributed by atoms with Crippen molar-refractivity contribution in [1.29, 1.82) is 0 Å². The minimum Gasteiger partial charge on any atom is -0.481 e. The van der Waals surface area contributed by atoms with Gasteiger partial charge in [-0.1, -0.05) is 92.6 Å². The summed E-state index contributed by atoms with van der Waals surface area (Å²) in [7, 11) is 0. The SMILES string of the molecule is CC(=O)O.CCCCCC=CCC(=O)OC(c1ccccc1)c1ccccc1. The molecule has 0 aliphatic heterocycles. The first-order valence-electron chi connectivity index (χ1n) is 9.68. The number of rotatable bonds is 9. The summed E-state index contributed by atoms with van der Waals surface area (Å²) in [6.07, 6.45) is 8.63. The molecule has 0 spiro atoms. The first kappa shape index (κ1) is 23.2. The maximum atomic E-state index is 12.2. The van der Waals surface area contributed by atoms with Gasteiger partial charge in [0.2, 0.25) is 0 Å². The van der Waals surface area contributed by atoms with E-state index in [4.69, 9.17) is 14.6 Å². The van der Waals surface area contributed by atoms with Gasteiger partial charge in [-0.2, -0.15) is 0 Å². The van der Waals surface area contributed by atoms with E-state index in [-0.39, 0.29) is 12.1 Å². The molecule has 1 N–H and O–H groups in total. The van der Waals surface area contributed by atoms with Crippen molar-refractivity contribution in [2.45, 2.75) is 52.1 Å². The molecule has 0 aromatic heterocycles. The molecule has 0 saturated carbocycles. The Labute approximate surface area is 167 Å². The molecular weight excluding hydrogens is 352 g/mol. The van der Waals surface area contributed by atoms with E-state index in [1.54, 1.807) is 0 Å². The van der Waals surface area contributed by atoms with Gasteiger partial charge in [0.05, 0.1) is 6.42 Å². The molecule has 0 unspecified atom stereocenters. The second-order valence-electron chi connectivity index (χ2n) is 6.38. The van der Waals surface area contributed by atoms with E-state index < -0.39 is 5.97 Å². The van der Waals surface area contributed by atoms with Gasteiger partial charge in [0.15, 0.2) is 6.10 Å². The molecule has 0 saturated heterocycles. The fraction of sp³-hybridized carbons (Fsp3) is 0.333. The van der Waals surface area contributed by atoms with Crippen LogP contribution >= 0.6 is 0 Å². The summed E-state index contributed by atoms with van der Waals surface area (Å²) in [6.45, 7) is 3.27. The molecule has 2 aromatic rings. The van der Waals surface area contributed by atoms with Crippen molar-refractivity contribution >= 4 is 11.9 Å². The number of hydrogen-bond donors (Lipinski definition) is 1. The lowest BCUT2D eigenvalue weighted by Gasteiger charge is -2.18. The van der Waals surface area contributed by atoms with Crippen molar-refractivity contribution < 1.29 is 19.4 Å². The lowest BCUT2D eigenvalue weighted by molar-refractivity contribution is -0.146. The predicted molar refractivity (Wildman–Crippen MR) is 112 cm³/mol. The van der Waals surface area contributed by atoms with Gasteiger partial charge in [-0.05, 0) is 24.0 Å². The number of benzene rings is 2. The summed E-state index contributed by atoms with van der Waals surface area (Å²) in [4.78, 5) is 21.2. The van der Waals surface area contributed by atoms with Gasteiger partial charge < -0.3 is 9.84 Å². The van der Waals surface area contributed by atoms with E-state index in [0.717, 1.165) is 24.5 Å². The Hall–Kier alpha value is -2.88. The molecule has 0 fully saturated rings. The van der Waals surface area contributed by atoms with Gasteiger partial charge in [-0.25, -0.2) is 0 Å². The van der Waals surface area contributed by atoms with E-state index in [2.05, 4.69) is 13.0 Å². The Balaban J connectivity index is 0.000000892. The zero-order valence-corrected chi connectivity index (χ0v) is 16.7. The maximum absolute atomic E-state index is 12.2. The van der Waals surface area contributed by atoms with Crippen molar-refractivity contribution in [3.63, 3.8) is 0 Å². The predicted octanol–water partition coefficient (Wildman–Crippen LogP) is 5.94. The van der Waals surface area contributed by atoms with Crippen LogP contribution in [-0.2, 0) is 14.3 Å². The van der Waals surface area contributed by atoms with Gasteiger partial charge >= 0.3 is 5.97 Å². The summed E-state index contributed by atoms with van der Waals surface area (Å²) in [6, 6.07) is 19.8. The van der Waals surface area contributed by atoms with Crippen LogP contribution in [0.1, 0.15) is 63.2 Å². The molecule has 0 heterocycles. The number of carbonyl (C=O) groups excluding carboxylic acids is 1. The molecule has 0 bridgehead atoms. The fourth-order valence-corrected chi connectivity index (χ4v) is 2.57. The molecule has 0 amide bonds. The Kier molecular flexibility index (Phi) is 11.8. The molecule has 2 rings (SSSR count). The number of carbonyl (C=O) groups is 2. The molecule has 150 valence electrons. The van der Waals surface area contributed by atoms with E-state index in [1.807, 2.05) is 66.7 Å². The number of ether oxygens (including phenoxy) is 1. The van der Waals surface area contributed by atoms with Gasteiger partial charge in [-0.15, -0.1) is 0 Å². The van der Waals surface area contributed by atoms with E-state index in [0.29, 0.717) is 6.42 Å². The third kappa shape index (κ3) is 10.3. The molecule has 0 aliphatic rings. The van der Waals surface area contributed by atoms with Gasteiger partial charge in [0.25, 0.3) is 5.97 Å². The third-order valence-corrected chi connectivity index (χ3v) is 3.88. The highest BCUT2D eigenvalue weighted by Crippen LogP contribution is 2.26.